The average Bonchev–Trinajstić information content (AvgIpc) is 2.87. The predicted octanol–water partition coefficient (Wildman–Crippen LogP) is 3.56. The molecule has 0 aromatic heterocycles. The van der Waals surface area contributed by atoms with Crippen LogP contribution in [0.2, 0.25) is 0 Å². The fourth-order valence-electron chi connectivity index (χ4n) is 2.20. The smallest absolute Gasteiger partial charge is 0.293 e. The number of thioether (sulfide) groups is 1. The zero-order valence-electron chi connectivity index (χ0n) is 14.9. The molecular weight excluding hydrogens is 342 g/mol. The van der Waals surface area contributed by atoms with E-state index in [0.29, 0.717) is 23.0 Å². The molecule has 2 rings (SSSR count). The number of hydrogen-bond donors (Lipinski definition) is 0. The number of methoxy groups -OCH3 is 2. The van der Waals surface area contributed by atoms with Crippen LogP contribution < -0.4 is 9.47 Å². The number of ether oxygens (including phenoxy) is 3. The van der Waals surface area contributed by atoms with E-state index in [9.17, 15) is 9.59 Å². The Bertz CT molecular complexity index is 673. The largest absolute Gasteiger partial charge is 0.493 e. The summed E-state index contributed by atoms with van der Waals surface area (Å²) >= 11 is 0.930. The van der Waals surface area contributed by atoms with Gasteiger partial charge in [0.2, 0.25) is 0 Å². The lowest BCUT2D eigenvalue weighted by molar-refractivity contribution is -0.123. The predicted molar refractivity (Wildman–Crippen MR) is 97.9 cm³/mol. The van der Waals surface area contributed by atoms with Crippen LogP contribution in [-0.4, -0.2) is 49.5 Å². The first-order valence-corrected chi connectivity index (χ1v) is 8.90. The second kappa shape index (κ2) is 8.92. The first-order valence-electron chi connectivity index (χ1n) is 8.09. The van der Waals surface area contributed by atoms with Crippen LogP contribution >= 0.6 is 11.8 Å². The molecule has 136 valence electrons. The first-order chi connectivity index (χ1) is 12.0. The van der Waals surface area contributed by atoms with Crippen LogP contribution in [0.4, 0.5) is 4.79 Å². The summed E-state index contributed by atoms with van der Waals surface area (Å²) in [6.07, 6.45) is 2.66. The van der Waals surface area contributed by atoms with Crippen molar-refractivity contribution in [1.29, 1.82) is 0 Å². The molecule has 2 amide bonds. The van der Waals surface area contributed by atoms with Gasteiger partial charge in [0.05, 0.1) is 31.3 Å². The van der Waals surface area contributed by atoms with E-state index in [2.05, 4.69) is 0 Å². The van der Waals surface area contributed by atoms with E-state index < -0.39 is 0 Å². The molecule has 1 aliphatic heterocycles. The highest BCUT2D eigenvalue weighted by molar-refractivity contribution is 8.18. The standard InChI is InChI=1S/C18H23NO5S/c1-5-12(2)24-14-7-6-13(10-15(14)23-4)11-16-17(20)19(8-9-22-3)18(21)25-16/h6-7,10-12H,5,8-9H2,1-4H3/b16-11+/t12-/m1/s1. The third-order valence-corrected chi connectivity index (χ3v) is 4.69. The molecule has 1 aromatic carbocycles. The van der Waals surface area contributed by atoms with Crippen LogP contribution in [-0.2, 0) is 9.53 Å². The molecule has 1 fully saturated rings. The number of amides is 2. The monoisotopic (exact) mass is 365 g/mol. The van der Waals surface area contributed by atoms with Crippen LogP contribution in [0.25, 0.3) is 6.08 Å². The summed E-state index contributed by atoms with van der Waals surface area (Å²) in [4.78, 5) is 25.9. The maximum absolute atomic E-state index is 12.3. The van der Waals surface area contributed by atoms with E-state index in [4.69, 9.17) is 14.2 Å². The van der Waals surface area contributed by atoms with Crippen molar-refractivity contribution in [3.8, 4) is 11.5 Å². The van der Waals surface area contributed by atoms with Gasteiger partial charge in [-0.15, -0.1) is 0 Å². The highest BCUT2D eigenvalue weighted by Gasteiger charge is 2.34. The van der Waals surface area contributed by atoms with Gasteiger partial charge >= 0.3 is 0 Å². The van der Waals surface area contributed by atoms with Crippen LogP contribution in [0.3, 0.4) is 0 Å². The third kappa shape index (κ3) is 4.76. The number of benzene rings is 1. The lowest BCUT2D eigenvalue weighted by Gasteiger charge is -2.15. The number of nitrogens with zero attached hydrogens (tertiary/aromatic N) is 1. The third-order valence-electron chi connectivity index (χ3n) is 3.78. The van der Waals surface area contributed by atoms with Gasteiger partial charge < -0.3 is 14.2 Å². The van der Waals surface area contributed by atoms with E-state index >= 15 is 0 Å². The fourth-order valence-corrected chi connectivity index (χ4v) is 3.06. The van der Waals surface area contributed by atoms with E-state index in [0.717, 1.165) is 23.7 Å². The molecule has 1 heterocycles. The zero-order valence-corrected chi connectivity index (χ0v) is 15.7. The molecule has 1 atom stereocenters. The molecule has 0 radical (unpaired) electrons. The Labute approximate surface area is 152 Å². The topological polar surface area (TPSA) is 65.1 Å². The summed E-state index contributed by atoms with van der Waals surface area (Å²) in [5.74, 6) is 0.945. The van der Waals surface area contributed by atoms with Crippen molar-refractivity contribution in [2.75, 3.05) is 27.4 Å². The molecule has 0 spiro atoms. The van der Waals surface area contributed by atoms with Crippen LogP contribution in [0.5, 0.6) is 11.5 Å². The maximum Gasteiger partial charge on any atom is 0.293 e. The normalized spacial score (nSPS) is 17.3. The van der Waals surface area contributed by atoms with E-state index in [-0.39, 0.29) is 23.8 Å². The molecule has 0 N–H and O–H groups in total. The second-order valence-electron chi connectivity index (χ2n) is 5.57. The Hall–Kier alpha value is -1.99. The molecule has 1 aliphatic rings. The van der Waals surface area contributed by atoms with Crippen molar-refractivity contribution in [2.24, 2.45) is 0 Å². The number of imide groups is 1. The summed E-state index contributed by atoms with van der Waals surface area (Å²) in [5.41, 5.74) is 0.769. The van der Waals surface area contributed by atoms with Crippen LogP contribution in [0, 0.1) is 0 Å². The summed E-state index contributed by atoms with van der Waals surface area (Å²) in [6.45, 7) is 4.61. The number of rotatable bonds is 8. The van der Waals surface area contributed by atoms with Crippen molar-refractivity contribution >= 4 is 29.0 Å². The van der Waals surface area contributed by atoms with Crippen molar-refractivity contribution in [3.63, 3.8) is 0 Å². The summed E-state index contributed by atoms with van der Waals surface area (Å²) in [5, 5.41) is -0.281. The molecule has 7 heteroatoms. The van der Waals surface area contributed by atoms with Gasteiger partial charge in [0.25, 0.3) is 11.1 Å². The molecule has 0 aliphatic carbocycles. The van der Waals surface area contributed by atoms with Gasteiger partial charge in [-0.25, -0.2) is 0 Å². The first kappa shape index (κ1) is 19.3. The minimum absolute atomic E-state index is 0.0806. The average molecular weight is 365 g/mol. The van der Waals surface area contributed by atoms with Gasteiger partial charge in [-0.05, 0) is 48.9 Å². The summed E-state index contributed by atoms with van der Waals surface area (Å²) in [6, 6.07) is 5.44. The Kier molecular flexibility index (Phi) is 6.90. The Morgan fingerprint density at radius 3 is 2.64 bits per heavy atom. The molecule has 1 saturated heterocycles. The van der Waals surface area contributed by atoms with Crippen LogP contribution in [0.1, 0.15) is 25.8 Å². The van der Waals surface area contributed by atoms with Gasteiger partial charge in [0.15, 0.2) is 11.5 Å². The lowest BCUT2D eigenvalue weighted by Crippen LogP contribution is -2.31. The molecule has 1 aromatic rings. The maximum atomic E-state index is 12.3. The van der Waals surface area contributed by atoms with Crippen molar-refractivity contribution in [1.82, 2.24) is 4.90 Å². The SMILES string of the molecule is CC[C@@H](C)Oc1ccc(/C=C2/SC(=O)N(CCOC)C2=O)cc1OC. The van der Waals surface area contributed by atoms with Crippen LogP contribution in [0.15, 0.2) is 23.1 Å². The van der Waals surface area contributed by atoms with E-state index in [1.807, 2.05) is 26.0 Å². The minimum atomic E-state index is -0.300. The Morgan fingerprint density at radius 2 is 2.00 bits per heavy atom. The van der Waals surface area contributed by atoms with E-state index in [1.54, 1.807) is 19.3 Å². The number of carbonyl (C=O) groups excluding carboxylic acids is 2. The van der Waals surface area contributed by atoms with Crippen molar-refractivity contribution in [3.05, 3.63) is 28.7 Å². The van der Waals surface area contributed by atoms with Gasteiger partial charge in [0, 0.05) is 7.11 Å². The molecule has 25 heavy (non-hydrogen) atoms. The fraction of sp³-hybridized carbons (Fsp3) is 0.444. The quantitative estimate of drug-likeness (QED) is 0.657. The number of hydrogen-bond acceptors (Lipinski definition) is 6. The zero-order chi connectivity index (χ0) is 18.4. The Balaban J connectivity index is 2.20. The van der Waals surface area contributed by atoms with Crippen molar-refractivity contribution in [2.45, 2.75) is 26.4 Å². The lowest BCUT2D eigenvalue weighted by atomic mass is 10.1. The highest BCUT2D eigenvalue weighted by Crippen LogP contribution is 2.34. The minimum Gasteiger partial charge on any atom is -0.493 e. The highest BCUT2D eigenvalue weighted by atomic mass is 32.2. The second-order valence-corrected chi connectivity index (χ2v) is 6.57. The molecule has 0 bridgehead atoms. The summed E-state index contributed by atoms with van der Waals surface area (Å²) in [7, 11) is 3.10. The van der Waals surface area contributed by atoms with Gasteiger partial charge in [-0.1, -0.05) is 13.0 Å². The Morgan fingerprint density at radius 1 is 1.24 bits per heavy atom. The van der Waals surface area contributed by atoms with Gasteiger partial charge in [-0.3, -0.25) is 14.5 Å². The van der Waals surface area contributed by atoms with Gasteiger partial charge in [0.1, 0.15) is 0 Å². The van der Waals surface area contributed by atoms with E-state index in [1.165, 1.54) is 12.0 Å². The molecule has 6 nitrogen and oxygen atoms in total. The molecular formula is C18H23NO5S. The van der Waals surface area contributed by atoms with Gasteiger partial charge in [-0.2, -0.15) is 0 Å². The van der Waals surface area contributed by atoms with Crippen molar-refractivity contribution < 1.29 is 23.8 Å². The summed E-state index contributed by atoms with van der Waals surface area (Å²) < 4.78 is 16.1. The molecule has 0 saturated carbocycles. The number of carbonyl (C=O) groups is 2. The molecule has 0 unspecified atom stereocenters.